The summed E-state index contributed by atoms with van der Waals surface area (Å²) >= 11 is 5.94. The van der Waals surface area contributed by atoms with Crippen molar-refractivity contribution in [1.29, 1.82) is 0 Å². The maximum atomic E-state index is 13.0. The summed E-state index contributed by atoms with van der Waals surface area (Å²) in [7, 11) is 0. The van der Waals surface area contributed by atoms with Crippen molar-refractivity contribution in [3.8, 4) is 0 Å². The van der Waals surface area contributed by atoms with Gasteiger partial charge in [0.1, 0.15) is 12.4 Å². The van der Waals surface area contributed by atoms with E-state index in [2.05, 4.69) is 20.6 Å². The van der Waals surface area contributed by atoms with Crippen molar-refractivity contribution in [3.05, 3.63) is 40.0 Å². The molecule has 134 valence electrons. The Morgan fingerprint density at radius 1 is 1.20 bits per heavy atom. The monoisotopic (exact) mass is 374 g/mol. The predicted molar refractivity (Wildman–Crippen MR) is 87.4 cm³/mol. The second-order valence-corrected chi connectivity index (χ2v) is 5.68. The number of alkyl halides is 3. The van der Waals surface area contributed by atoms with Crippen molar-refractivity contribution in [2.45, 2.75) is 20.0 Å². The maximum absolute atomic E-state index is 13.0. The number of rotatable bonds is 5. The molecule has 0 saturated carbocycles. The van der Waals surface area contributed by atoms with Crippen LogP contribution in [0.5, 0.6) is 0 Å². The number of hydrogen-bond donors (Lipinski definition) is 3. The number of anilines is 3. The zero-order valence-electron chi connectivity index (χ0n) is 13.2. The molecule has 0 aliphatic carbocycles. The summed E-state index contributed by atoms with van der Waals surface area (Å²) in [6.45, 7) is 2.88. The van der Waals surface area contributed by atoms with E-state index in [0.29, 0.717) is 10.7 Å². The molecule has 2 aromatic rings. The molecule has 1 heterocycles. The molecule has 3 N–H and O–H groups in total. The molecule has 0 atom stereocenters. The van der Waals surface area contributed by atoms with Crippen molar-refractivity contribution >= 4 is 35.0 Å². The first-order valence-corrected chi connectivity index (χ1v) is 7.40. The first-order valence-electron chi connectivity index (χ1n) is 7.02. The predicted octanol–water partition coefficient (Wildman–Crippen LogP) is 4.01. The lowest BCUT2D eigenvalue weighted by atomic mass is 10.1. The molecule has 0 fully saturated rings. The third kappa shape index (κ3) is 4.96. The van der Waals surface area contributed by atoms with E-state index in [1.165, 1.54) is 0 Å². The van der Waals surface area contributed by atoms with E-state index >= 15 is 0 Å². The third-order valence-corrected chi connectivity index (χ3v) is 3.38. The molecule has 0 saturated heterocycles. The smallest absolute Gasteiger partial charge is 0.433 e. The molecule has 2 rings (SSSR count). The van der Waals surface area contributed by atoms with E-state index < -0.39 is 30.3 Å². The van der Waals surface area contributed by atoms with Crippen molar-refractivity contribution < 1.29 is 23.1 Å². The summed E-state index contributed by atoms with van der Waals surface area (Å²) in [6.07, 6.45) is -4.71. The Morgan fingerprint density at radius 2 is 1.80 bits per heavy atom. The van der Waals surface area contributed by atoms with Crippen LogP contribution in [-0.2, 0) is 11.0 Å². The average Bonchev–Trinajstić information content (AvgIpc) is 2.48. The summed E-state index contributed by atoms with van der Waals surface area (Å²) in [6, 6.07) is 4.07. The molecule has 1 aromatic heterocycles. The fourth-order valence-electron chi connectivity index (χ4n) is 2.13. The number of aromatic nitrogens is 2. The summed E-state index contributed by atoms with van der Waals surface area (Å²) in [5.41, 5.74) is 0.803. The summed E-state index contributed by atoms with van der Waals surface area (Å²) in [5.74, 6) is -1.81. The van der Waals surface area contributed by atoms with Crippen LogP contribution in [0.2, 0.25) is 5.02 Å². The Bertz CT molecular complexity index is 789. The van der Waals surface area contributed by atoms with E-state index in [0.717, 1.165) is 17.2 Å². The minimum Gasteiger partial charge on any atom is -0.480 e. The van der Waals surface area contributed by atoms with Gasteiger partial charge in [-0.3, -0.25) is 4.79 Å². The van der Waals surface area contributed by atoms with E-state index in [-0.39, 0.29) is 5.82 Å². The largest absolute Gasteiger partial charge is 0.480 e. The Labute approximate surface area is 146 Å². The van der Waals surface area contributed by atoms with Crippen molar-refractivity contribution in [2.24, 2.45) is 0 Å². The second-order valence-electron chi connectivity index (χ2n) is 5.25. The number of carbonyl (C=O) groups is 1. The minimum absolute atomic E-state index is 0.122. The van der Waals surface area contributed by atoms with Crippen molar-refractivity contribution in [3.63, 3.8) is 0 Å². The summed E-state index contributed by atoms with van der Waals surface area (Å²) in [4.78, 5) is 17.8. The van der Waals surface area contributed by atoms with Gasteiger partial charge in [-0.05, 0) is 37.1 Å². The lowest BCUT2D eigenvalue weighted by Gasteiger charge is -2.15. The molecule has 0 bridgehead atoms. The number of carboxylic acid groups (broad SMARTS) is 1. The zero-order valence-corrected chi connectivity index (χ0v) is 14.0. The van der Waals surface area contributed by atoms with Gasteiger partial charge in [0.25, 0.3) is 0 Å². The van der Waals surface area contributed by atoms with Crippen LogP contribution in [0.15, 0.2) is 18.2 Å². The standard InChI is InChI=1S/C15H14ClF3N4O2/c1-7-3-9(16)4-8(2)13(7)22-11-5-10(15(17,18)19)21-14(23-11)20-6-12(24)25/h3-5H,6H2,1-2H3,(H,24,25)(H2,20,21,22,23). The number of hydrogen-bond acceptors (Lipinski definition) is 5. The van der Waals surface area contributed by atoms with Crippen LogP contribution in [-0.4, -0.2) is 27.6 Å². The molecule has 0 aliphatic heterocycles. The van der Waals surface area contributed by atoms with Gasteiger partial charge < -0.3 is 15.7 Å². The highest BCUT2D eigenvalue weighted by molar-refractivity contribution is 6.30. The second kappa shape index (κ2) is 7.14. The van der Waals surface area contributed by atoms with Gasteiger partial charge in [0.15, 0.2) is 5.69 Å². The van der Waals surface area contributed by atoms with Crippen LogP contribution in [0.4, 0.5) is 30.6 Å². The molecular formula is C15H14ClF3N4O2. The molecule has 0 spiro atoms. The number of halogens is 4. The van der Waals surface area contributed by atoms with Gasteiger partial charge in [0.2, 0.25) is 5.95 Å². The highest BCUT2D eigenvalue weighted by Crippen LogP contribution is 2.32. The van der Waals surface area contributed by atoms with E-state index in [4.69, 9.17) is 16.7 Å². The van der Waals surface area contributed by atoms with Crippen LogP contribution >= 0.6 is 11.6 Å². The Kier molecular flexibility index (Phi) is 5.36. The molecule has 0 amide bonds. The van der Waals surface area contributed by atoms with E-state index in [1.54, 1.807) is 26.0 Å². The lowest BCUT2D eigenvalue weighted by Crippen LogP contribution is -2.17. The van der Waals surface area contributed by atoms with Crippen molar-refractivity contribution in [2.75, 3.05) is 17.2 Å². The number of aliphatic carboxylic acids is 1. The fourth-order valence-corrected chi connectivity index (χ4v) is 2.45. The van der Waals surface area contributed by atoms with Gasteiger partial charge >= 0.3 is 12.1 Å². The Balaban J connectivity index is 2.42. The molecule has 1 aromatic carbocycles. The van der Waals surface area contributed by atoms with Crippen LogP contribution < -0.4 is 10.6 Å². The fraction of sp³-hybridized carbons (Fsp3) is 0.267. The van der Waals surface area contributed by atoms with E-state index in [9.17, 15) is 18.0 Å². The van der Waals surface area contributed by atoms with Crippen LogP contribution in [0.3, 0.4) is 0 Å². The quantitative estimate of drug-likeness (QED) is 0.733. The molecule has 25 heavy (non-hydrogen) atoms. The molecular weight excluding hydrogens is 361 g/mol. The van der Waals surface area contributed by atoms with Gasteiger partial charge in [-0.1, -0.05) is 11.6 Å². The number of nitrogens with one attached hydrogen (secondary N) is 2. The van der Waals surface area contributed by atoms with Gasteiger partial charge in [0, 0.05) is 16.8 Å². The van der Waals surface area contributed by atoms with Gasteiger partial charge in [-0.15, -0.1) is 0 Å². The number of nitrogens with zero attached hydrogens (tertiary/aromatic N) is 2. The van der Waals surface area contributed by atoms with Gasteiger partial charge in [-0.2, -0.15) is 18.2 Å². The number of benzene rings is 1. The van der Waals surface area contributed by atoms with Crippen LogP contribution in [0.1, 0.15) is 16.8 Å². The van der Waals surface area contributed by atoms with Gasteiger partial charge in [-0.25, -0.2) is 4.98 Å². The number of carboxylic acids is 1. The topological polar surface area (TPSA) is 87.1 Å². The van der Waals surface area contributed by atoms with Gasteiger partial charge in [0.05, 0.1) is 0 Å². The molecule has 10 heteroatoms. The molecule has 6 nitrogen and oxygen atoms in total. The zero-order chi connectivity index (χ0) is 18.8. The maximum Gasteiger partial charge on any atom is 0.433 e. The Morgan fingerprint density at radius 3 is 2.32 bits per heavy atom. The summed E-state index contributed by atoms with van der Waals surface area (Å²) in [5, 5.41) is 14.2. The molecule has 0 radical (unpaired) electrons. The van der Waals surface area contributed by atoms with Crippen molar-refractivity contribution in [1.82, 2.24) is 9.97 Å². The molecule has 0 unspecified atom stereocenters. The summed E-state index contributed by atoms with van der Waals surface area (Å²) < 4.78 is 39.1. The first-order chi connectivity index (χ1) is 11.6. The molecule has 0 aliphatic rings. The number of aryl methyl sites for hydroxylation is 2. The highest BCUT2D eigenvalue weighted by Gasteiger charge is 2.34. The Hall–Kier alpha value is -2.55. The van der Waals surface area contributed by atoms with Crippen LogP contribution in [0.25, 0.3) is 0 Å². The van der Waals surface area contributed by atoms with Crippen LogP contribution in [0, 0.1) is 13.8 Å². The highest BCUT2D eigenvalue weighted by atomic mass is 35.5. The third-order valence-electron chi connectivity index (χ3n) is 3.16. The average molecular weight is 375 g/mol. The normalized spacial score (nSPS) is 11.3. The SMILES string of the molecule is Cc1cc(Cl)cc(C)c1Nc1cc(C(F)(F)F)nc(NCC(=O)O)n1. The van der Waals surface area contributed by atoms with E-state index in [1.807, 2.05) is 0 Å². The minimum atomic E-state index is -4.71. The first kappa shape index (κ1) is 18.8. The lowest BCUT2D eigenvalue weighted by molar-refractivity contribution is -0.141.